The van der Waals surface area contributed by atoms with E-state index in [0.29, 0.717) is 12.3 Å². The molecule has 1 N–H and O–H groups in total. The summed E-state index contributed by atoms with van der Waals surface area (Å²) in [7, 11) is 1.67. The zero-order valence-electron chi connectivity index (χ0n) is 14.4. The Morgan fingerprint density at radius 1 is 1.23 bits per heavy atom. The van der Waals surface area contributed by atoms with Gasteiger partial charge in [-0.05, 0) is 46.2 Å². The van der Waals surface area contributed by atoms with Crippen LogP contribution >= 0.6 is 0 Å². The van der Waals surface area contributed by atoms with Gasteiger partial charge in [0.2, 0.25) is 5.91 Å². The third-order valence-corrected chi connectivity index (χ3v) is 4.59. The summed E-state index contributed by atoms with van der Waals surface area (Å²) in [6, 6.07) is 15.8. The van der Waals surface area contributed by atoms with Crippen LogP contribution in [0.3, 0.4) is 0 Å². The highest BCUT2D eigenvalue weighted by Gasteiger charge is 2.40. The van der Waals surface area contributed by atoms with Crippen molar-refractivity contribution in [2.75, 3.05) is 7.11 Å². The van der Waals surface area contributed by atoms with Gasteiger partial charge < -0.3 is 10.1 Å². The Labute approximate surface area is 151 Å². The standard InChI is InChI=1S/C19H19N5O2/c1-26-18-5-3-2-4-15(18)16-11-17(16)21-19(25)10-13-6-8-14(9-7-13)24-12-20-22-23-24/h2-9,12,16-17H,10-11H2,1H3,(H,21,25)/t16-,17-/m0/s1. The fourth-order valence-corrected chi connectivity index (χ4v) is 3.16. The zero-order chi connectivity index (χ0) is 17.9. The van der Waals surface area contributed by atoms with Gasteiger partial charge in [0.25, 0.3) is 0 Å². The Hall–Kier alpha value is -3.22. The summed E-state index contributed by atoms with van der Waals surface area (Å²) in [6.45, 7) is 0. The van der Waals surface area contributed by atoms with Crippen molar-refractivity contribution in [3.63, 3.8) is 0 Å². The van der Waals surface area contributed by atoms with E-state index in [1.54, 1.807) is 11.8 Å². The number of para-hydroxylation sites is 1. The number of carbonyl (C=O) groups excluding carboxylic acids is 1. The minimum atomic E-state index is 0.0302. The summed E-state index contributed by atoms with van der Waals surface area (Å²) in [6.07, 6.45) is 2.84. The number of aromatic nitrogens is 4. The van der Waals surface area contributed by atoms with Crippen molar-refractivity contribution in [2.45, 2.75) is 24.8 Å². The molecular formula is C19H19N5O2. The van der Waals surface area contributed by atoms with Gasteiger partial charge in [-0.25, -0.2) is 4.68 Å². The molecular weight excluding hydrogens is 330 g/mol. The van der Waals surface area contributed by atoms with Crippen LogP contribution in [0.5, 0.6) is 5.75 Å². The molecule has 1 fully saturated rings. The van der Waals surface area contributed by atoms with Crippen LogP contribution in [0, 0.1) is 0 Å². The molecule has 26 heavy (non-hydrogen) atoms. The smallest absolute Gasteiger partial charge is 0.224 e. The average Bonchev–Trinajstić information content (AvgIpc) is 3.19. The number of amides is 1. The Morgan fingerprint density at radius 2 is 2.04 bits per heavy atom. The molecule has 0 spiro atoms. The molecule has 0 radical (unpaired) electrons. The summed E-state index contributed by atoms with van der Waals surface area (Å²) < 4.78 is 6.98. The van der Waals surface area contributed by atoms with E-state index >= 15 is 0 Å². The number of ether oxygens (including phenoxy) is 1. The second-order valence-corrected chi connectivity index (χ2v) is 6.36. The molecule has 1 heterocycles. The molecule has 0 bridgehead atoms. The molecule has 1 saturated carbocycles. The van der Waals surface area contributed by atoms with Gasteiger partial charge >= 0.3 is 0 Å². The molecule has 1 aromatic heterocycles. The van der Waals surface area contributed by atoms with Crippen molar-refractivity contribution in [1.29, 1.82) is 0 Å². The fraction of sp³-hybridized carbons (Fsp3) is 0.263. The largest absolute Gasteiger partial charge is 0.496 e. The van der Waals surface area contributed by atoms with E-state index in [4.69, 9.17) is 4.74 Å². The monoisotopic (exact) mass is 349 g/mol. The number of methoxy groups -OCH3 is 1. The van der Waals surface area contributed by atoms with Gasteiger partial charge in [-0.15, -0.1) is 5.10 Å². The summed E-state index contributed by atoms with van der Waals surface area (Å²) in [5.74, 6) is 1.24. The molecule has 7 nitrogen and oxygen atoms in total. The molecule has 132 valence electrons. The molecule has 4 rings (SSSR count). The van der Waals surface area contributed by atoms with E-state index < -0.39 is 0 Å². The van der Waals surface area contributed by atoms with Crippen LogP contribution < -0.4 is 10.1 Å². The maximum atomic E-state index is 12.3. The number of hydrogen-bond donors (Lipinski definition) is 1. The Bertz CT molecular complexity index is 893. The number of hydrogen-bond acceptors (Lipinski definition) is 5. The molecule has 7 heteroatoms. The first kappa shape index (κ1) is 16.3. The first-order valence-electron chi connectivity index (χ1n) is 8.49. The summed E-state index contributed by atoms with van der Waals surface area (Å²) in [4.78, 5) is 12.3. The van der Waals surface area contributed by atoms with Crippen molar-refractivity contribution < 1.29 is 9.53 Å². The molecule has 2 aromatic carbocycles. The van der Waals surface area contributed by atoms with Crippen molar-refractivity contribution >= 4 is 5.91 Å². The highest BCUT2D eigenvalue weighted by molar-refractivity contribution is 5.79. The van der Waals surface area contributed by atoms with E-state index in [1.165, 1.54) is 6.33 Å². The molecule has 3 aromatic rings. The lowest BCUT2D eigenvalue weighted by Gasteiger charge is -2.09. The lowest BCUT2D eigenvalue weighted by Crippen LogP contribution is -2.28. The quantitative estimate of drug-likeness (QED) is 0.735. The Balaban J connectivity index is 1.34. The van der Waals surface area contributed by atoms with Gasteiger partial charge in [0, 0.05) is 12.0 Å². The maximum absolute atomic E-state index is 12.3. The minimum absolute atomic E-state index is 0.0302. The van der Waals surface area contributed by atoms with Gasteiger partial charge in [-0.1, -0.05) is 30.3 Å². The number of carbonyl (C=O) groups is 1. The van der Waals surface area contributed by atoms with Gasteiger partial charge in [0.1, 0.15) is 12.1 Å². The summed E-state index contributed by atoms with van der Waals surface area (Å²) >= 11 is 0. The molecule has 2 atom stereocenters. The van der Waals surface area contributed by atoms with Crippen molar-refractivity contribution in [2.24, 2.45) is 0 Å². The van der Waals surface area contributed by atoms with Gasteiger partial charge in [0.05, 0.1) is 19.2 Å². The van der Waals surface area contributed by atoms with Crippen LogP contribution in [0.1, 0.15) is 23.5 Å². The van der Waals surface area contributed by atoms with Crippen LogP contribution in [-0.2, 0) is 11.2 Å². The second-order valence-electron chi connectivity index (χ2n) is 6.36. The third kappa shape index (κ3) is 3.42. The fourth-order valence-electron chi connectivity index (χ4n) is 3.16. The van der Waals surface area contributed by atoms with E-state index in [1.807, 2.05) is 42.5 Å². The Morgan fingerprint density at radius 3 is 2.77 bits per heavy atom. The lowest BCUT2D eigenvalue weighted by atomic mass is 10.1. The normalized spacial score (nSPS) is 18.3. The summed E-state index contributed by atoms with van der Waals surface area (Å²) in [5, 5.41) is 14.2. The van der Waals surface area contributed by atoms with E-state index in [0.717, 1.165) is 29.0 Å². The van der Waals surface area contributed by atoms with Crippen LogP contribution in [0.2, 0.25) is 0 Å². The molecule has 0 saturated heterocycles. The number of rotatable bonds is 6. The van der Waals surface area contributed by atoms with E-state index in [9.17, 15) is 4.79 Å². The third-order valence-electron chi connectivity index (χ3n) is 4.59. The number of tetrazole rings is 1. The zero-order valence-corrected chi connectivity index (χ0v) is 14.4. The SMILES string of the molecule is COc1ccccc1[C@@H]1C[C@@H]1NC(=O)Cc1ccc(-n2cnnn2)cc1. The molecule has 1 aliphatic carbocycles. The molecule has 0 unspecified atom stereocenters. The number of benzene rings is 2. The molecule has 1 amide bonds. The molecule has 1 aliphatic rings. The molecule has 0 aliphatic heterocycles. The first-order valence-corrected chi connectivity index (χ1v) is 8.49. The first-order chi connectivity index (χ1) is 12.7. The van der Waals surface area contributed by atoms with Crippen molar-refractivity contribution in [3.05, 3.63) is 66.0 Å². The van der Waals surface area contributed by atoms with Gasteiger partial charge in [-0.3, -0.25) is 4.79 Å². The topological polar surface area (TPSA) is 81.9 Å². The second kappa shape index (κ2) is 6.95. The highest BCUT2D eigenvalue weighted by Crippen LogP contribution is 2.44. The minimum Gasteiger partial charge on any atom is -0.496 e. The van der Waals surface area contributed by atoms with Crippen LogP contribution in [-0.4, -0.2) is 39.3 Å². The highest BCUT2D eigenvalue weighted by atomic mass is 16.5. The Kier molecular flexibility index (Phi) is 4.35. The van der Waals surface area contributed by atoms with Gasteiger partial charge in [-0.2, -0.15) is 0 Å². The van der Waals surface area contributed by atoms with Crippen molar-refractivity contribution in [3.8, 4) is 11.4 Å². The van der Waals surface area contributed by atoms with Crippen LogP contribution in [0.15, 0.2) is 54.9 Å². The van der Waals surface area contributed by atoms with E-state index in [2.05, 4.69) is 26.9 Å². The lowest BCUT2D eigenvalue weighted by molar-refractivity contribution is -0.120. The van der Waals surface area contributed by atoms with Gasteiger partial charge in [0.15, 0.2) is 0 Å². The van der Waals surface area contributed by atoms with E-state index in [-0.39, 0.29) is 11.9 Å². The van der Waals surface area contributed by atoms with Crippen LogP contribution in [0.4, 0.5) is 0 Å². The van der Waals surface area contributed by atoms with Crippen molar-refractivity contribution in [1.82, 2.24) is 25.5 Å². The summed E-state index contributed by atoms with van der Waals surface area (Å²) in [5.41, 5.74) is 2.97. The number of nitrogens with zero attached hydrogens (tertiary/aromatic N) is 4. The van der Waals surface area contributed by atoms with Crippen LogP contribution in [0.25, 0.3) is 5.69 Å². The predicted octanol–water partition coefficient (Wildman–Crippen LogP) is 1.89. The number of nitrogens with one attached hydrogen (secondary N) is 1. The average molecular weight is 349 g/mol. The predicted molar refractivity (Wildman–Crippen MR) is 95.1 cm³/mol. The maximum Gasteiger partial charge on any atom is 0.224 e.